The second-order valence-corrected chi connectivity index (χ2v) is 9.32. The van der Waals surface area contributed by atoms with Crippen molar-refractivity contribution in [2.24, 2.45) is 0 Å². The average molecular weight is 530 g/mol. The quantitative estimate of drug-likeness (QED) is 0.308. The highest BCUT2D eigenvalue weighted by atomic mass is 35.5. The van der Waals surface area contributed by atoms with Crippen molar-refractivity contribution >= 4 is 56.0 Å². The standard InChI is InChI=1S/C26H27N3O5S.ClH/c1-2-33-19-8-9-21-23(17-19)35-26(27-21)29(11-5-10-28-12-14-32-15-13-28)24(30)20-16-18-6-3-4-7-22(18)34-25(20)31;/h3-4,6-9,16-17H,2,5,10-15H2,1H3;1H. The minimum Gasteiger partial charge on any atom is -0.494 e. The normalized spacial score (nSPS) is 14.0. The summed E-state index contributed by atoms with van der Waals surface area (Å²) in [5.41, 5.74) is 0.595. The smallest absolute Gasteiger partial charge is 0.349 e. The molecule has 5 rings (SSSR count). The molecular formula is C26H28ClN3O5S. The lowest BCUT2D eigenvalue weighted by molar-refractivity contribution is 0.0376. The number of anilines is 1. The Morgan fingerprint density at radius 3 is 2.78 bits per heavy atom. The summed E-state index contributed by atoms with van der Waals surface area (Å²) in [7, 11) is 0. The highest BCUT2D eigenvalue weighted by Gasteiger charge is 2.25. The van der Waals surface area contributed by atoms with Crippen LogP contribution in [0, 0.1) is 0 Å². The lowest BCUT2D eigenvalue weighted by Gasteiger charge is -2.27. The van der Waals surface area contributed by atoms with Crippen molar-refractivity contribution in [2.75, 3.05) is 50.9 Å². The zero-order chi connectivity index (χ0) is 24.2. The van der Waals surface area contributed by atoms with Gasteiger partial charge in [0.15, 0.2) is 5.13 Å². The van der Waals surface area contributed by atoms with Crippen LogP contribution < -0.4 is 15.3 Å². The molecule has 1 aliphatic heterocycles. The first-order valence-corrected chi connectivity index (χ1v) is 12.6. The van der Waals surface area contributed by atoms with Crippen molar-refractivity contribution < 1.29 is 18.7 Å². The molecule has 36 heavy (non-hydrogen) atoms. The van der Waals surface area contributed by atoms with E-state index in [1.165, 1.54) is 11.3 Å². The summed E-state index contributed by atoms with van der Waals surface area (Å²) in [6.45, 7) is 6.97. The summed E-state index contributed by atoms with van der Waals surface area (Å²) >= 11 is 1.41. The van der Waals surface area contributed by atoms with Crippen molar-refractivity contribution in [3.05, 3.63) is 64.5 Å². The molecule has 0 aliphatic carbocycles. The van der Waals surface area contributed by atoms with E-state index in [0.717, 1.165) is 55.2 Å². The molecule has 1 aliphatic rings. The lowest BCUT2D eigenvalue weighted by Crippen LogP contribution is -2.40. The number of morpholine rings is 1. The monoisotopic (exact) mass is 529 g/mol. The van der Waals surface area contributed by atoms with E-state index in [4.69, 9.17) is 18.9 Å². The number of carbonyl (C=O) groups is 1. The van der Waals surface area contributed by atoms with Crippen LogP contribution in [0.1, 0.15) is 23.7 Å². The number of benzene rings is 2. The Hall–Kier alpha value is -2.98. The largest absolute Gasteiger partial charge is 0.494 e. The van der Waals surface area contributed by atoms with Crippen molar-refractivity contribution in [1.82, 2.24) is 9.88 Å². The van der Waals surface area contributed by atoms with Crippen molar-refractivity contribution in [3.63, 3.8) is 0 Å². The van der Waals surface area contributed by atoms with Gasteiger partial charge in [-0.05, 0) is 43.7 Å². The molecule has 0 radical (unpaired) electrons. The molecule has 0 atom stereocenters. The number of fused-ring (bicyclic) bond motifs is 2. The zero-order valence-corrected chi connectivity index (χ0v) is 21.6. The molecule has 190 valence electrons. The molecule has 2 aromatic heterocycles. The fraction of sp³-hybridized carbons (Fsp3) is 0.346. The van der Waals surface area contributed by atoms with Crippen LogP contribution in [0.15, 0.2) is 57.7 Å². The minimum absolute atomic E-state index is 0. The molecule has 1 amide bonds. The van der Waals surface area contributed by atoms with Crippen molar-refractivity contribution in [2.45, 2.75) is 13.3 Å². The number of ether oxygens (including phenoxy) is 2. The number of hydrogen-bond acceptors (Lipinski definition) is 8. The Morgan fingerprint density at radius 2 is 1.97 bits per heavy atom. The van der Waals surface area contributed by atoms with Crippen LogP contribution in [0.2, 0.25) is 0 Å². The van der Waals surface area contributed by atoms with Gasteiger partial charge in [0.05, 0.1) is 30.0 Å². The van der Waals surface area contributed by atoms with Gasteiger partial charge in [0.25, 0.3) is 5.91 Å². The van der Waals surface area contributed by atoms with Gasteiger partial charge in [0.2, 0.25) is 0 Å². The van der Waals surface area contributed by atoms with Crippen molar-refractivity contribution in [1.29, 1.82) is 0 Å². The first kappa shape index (κ1) is 26.1. The predicted octanol–water partition coefficient (Wildman–Crippen LogP) is 4.59. The van der Waals surface area contributed by atoms with E-state index in [1.54, 1.807) is 23.1 Å². The third-order valence-corrected chi connectivity index (χ3v) is 7.01. The summed E-state index contributed by atoms with van der Waals surface area (Å²) in [5, 5.41) is 1.25. The van der Waals surface area contributed by atoms with Crippen LogP contribution >= 0.6 is 23.7 Å². The number of halogens is 1. The van der Waals surface area contributed by atoms with Gasteiger partial charge < -0.3 is 13.9 Å². The third-order valence-electron chi connectivity index (χ3n) is 5.97. The minimum atomic E-state index is -0.647. The molecule has 0 bridgehead atoms. The first-order valence-electron chi connectivity index (χ1n) is 11.8. The van der Waals surface area contributed by atoms with Crippen LogP contribution in [0.3, 0.4) is 0 Å². The topological polar surface area (TPSA) is 85.1 Å². The molecule has 1 fully saturated rings. The van der Waals surface area contributed by atoms with Gasteiger partial charge in [-0.3, -0.25) is 14.6 Å². The van der Waals surface area contributed by atoms with E-state index in [0.29, 0.717) is 29.3 Å². The van der Waals surface area contributed by atoms with Crippen LogP contribution in [0.5, 0.6) is 5.75 Å². The fourth-order valence-corrected chi connectivity index (χ4v) is 5.20. The van der Waals surface area contributed by atoms with Crippen LogP contribution in [0.25, 0.3) is 21.2 Å². The number of nitrogens with zero attached hydrogens (tertiary/aromatic N) is 3. The molecule has 0 spiro atoms. The average Bonchev–Trinajstić information content (AvgIpc) is 3.30. The Labute approximate surface area is 218 Å². The van der Waals surface area contributed by atoms with E-state index in [-0.39, 0.29) is 18.0 Å². The van der Waals surface area contributed by atoms with E-state index >= 15 is 0 Å². The van der Waals surface area contributed by atoms with E-state index in [1.807, 2.05) is 37.3 Å². The maximum atomic E-state index is 13.7. The summed E-state index contributed by atoms with van der Waals surface area (Å²) < 4.78 is 17.4. The molecular weight excluding hydrogens is 502 g/mol. The SMILES string of the molecule is CCOc1ccc2nc(N(CCCN3CCOCC3)C(=O)c3cc4ccccc4oc3=O)sc2c1.Cl. The highest BCUT2D eigenvalue weighted by molar-refractivity contribution is 7.22. The summed E-state index contributed by atoms with van der Waals surface area (Å²) in [6.07, 6.45) is 0.741. The van der Waals surface area contributed by atoms with Crippen molar-refractivity contribution in [3.8, 4) is 5.75 Å². The summed E-state index contributed by atoms with van der Waals surface area (Å²) in [4.78, 5) is 35.1. The number of hydrogen-bond donors (Lipinski definition) is 0. The molecule has 1 saturated heterocycles. The predicted molar refractivity (Wildman–Crippen MR) is 144 cm³/mol. The molecule has 0 saturated carbocycles. The molecule has 4 aromatic rings. The Kier molecular flexibility index (Phi) is 8.58. The Bertz CT molecular complexity index is 1400. The zero-order valence-electron chi connectivity index (χ0n) is 20.0. The molecule has 2 aromatic carbocycles. The van der Waals surface area contributed by atoms with Crippen LogP contribution in [0.4, 0.5) is 5.13 Å². The van der Waals surface area contributed by atoms with Gasteiger partial charge in [-0.1, -0.05) is 29.5 Å². The molecule has 0 N–H and O–H groups in total. The number of aromatic nitrogens is 1. The van der Waals surface area contributed by atoms with Gasteiger partial charge in [0, 0.05) is 31.6 Å². The van der Waals surface area contributed by atoms with Gasteiger partial charge >= 0.3 is 5.63 Å². The van der Waals surface area contributed by atoms with E-state index in [2.05, 4.69) is 4.90 Å². The second kappa shape index (κ2) is 11.8. The number of thiazole rings is 1. The number of carbonyl (C=O) groups excluding carboxylic acids is 1. The molecule has 0 unspecified atom stereocenters. The van der Waals surface area contributed by atoms with Gasteiger partial charge in [-0.25, -0.2) is 9.78 Å². The highest BCUT2D eigenvalue weighted by Crippen LogP contribution is 2.32. The van der Waals surface area contributed by atoms with Gasteiger partial charge in [-0.2, -0.15) is 0 Å². The number of para-hydroxylation sites is 1. The maximum Gasteiger partial charge on any atom is 0.349 e. The molecule has 3 heterocycles. The van der Waals surface area contributed by atoms with E-state index < -0.39 is 11.5 Å². The van der Waals surface area contributed by atoms with Crippen LogP contribution in [-0.4, -0.2) is 61.8 Å². The molecule has 8 nitrogen and oxygen atoms in total. The number of amides is 1. The first-order chi connectivity index (χ1) is 17.1. The third kappa shape index (κ3) is 5.70. The lowest BCUT2D eigenvalue weighted by atomic mass is 10.1. The van der Waals surface area contributed by atoms with Gasteiger partial charge in [-0.15, -0.1) is 12.4 Å². The van der Waals surface area contributed by atoms with E-state index in [9.17, 15) is 9.59 Å². The second-order valence-electron chi connectivity index (χ2n) is 8.31. The molecule has 10 heteroatoms. The van der Waals surface area contributed by atoms with Crippen LogP contribution in [-0.2, 0) is 4.74 Å². The summed E-state index contributed by atoms with van der Waals surface area (Å²) in [6, 6.07) is 14.5. The fourth-order valence-electron chi connectivity index (χ4n) is 4.18. The Balaban J connectivity index is 0.00000304. The number of rotatable bonds is 8. The summed E-state index contributed by atoms with van der Waals surface area (Å²) in [5.74, 6) is 0.353. The maximum absolute atomic E-state index is 13.7. The Morgan fingerprint density at radius 1 is 1.17 bits per heavy atom. The van der Waals surface area contributed by atoms with Gasteiger partial charge in [0.1, 0.15) is 16.9 Å².